The number of carbonyl (C=O) groups excluding carboxylic acids is 1. The summed E-state index contributed by atoms with van der Waals surface area (Å²) in [6.07, 6.45) is 3.54. The van der Waals surface area contributed by atoms with Crippen molar-refractivity contribution < 1.29 is 24.6 Å². The van der Waals surface area contributed by atoms with Crippen LogP contribution in [0.3, 0.4) is 0 Å². The van der Waals surface area contributed by atoms with E-state index in [4.69, 9.17) is 10.2 Å². The van der Waals surface area contributed by atoms with Crippen molar-refractivity contribution in [1.82, 2.24) is 4.90 Å². The van der Waals surface area contributed by atoms with Crippen LogP contribution in [0.15, 0.2) is 59.7 Å². The molecular formula is C22H19NO5. The molecule has 1 aliphatic heterocycles. The number of carboxylic acid groups (broad SMARTS) is 2. The molecule has 1 fully saturated rings. The molecule has 1 aliphatic rings. The fourth-order valence-corrected chi connectivity index (χ4v) is 3.06. The first-order valence-electron chi connectivity index (χ1n) is 8.64. The zero-order chi connectivity index (χ0) is 20.3. The minimum atomic E-state index is -0.994. The van der Waals surface area contributed by atoms with Gasteiger partial charge in [-0.1, -0.05) is 24.3 Å². The number of likely N-dealkylation sites (tertiary alicyclic amines) is 1. The number of Topliss-reactive ketones (excluding diaryl/α,β-unsaturated/α-hetero) is 1. The number of nitrogens with zero attached hydrogens (tertiary/aromatic N) is 1. The number of piperidine rings is 1. The summed E-state index contributed by atoms with van der Waals surface area (Å²) in [6, 6.07) is 12.7. The molecule has 0 unspecified atom stereocenters. The fourth-order valence-electron chi connectivity index (χ4n) is 3.06. The van der Waals surface area contributed by atoms with Crippen LogP contribution in [-0.4, -0.2) is 53.0 Å². The van der Waals surface area contributed by atoms with Crippen molar-refractivity contribution in [1.29, 1.82) is 0 Å². The van der Waals surface area contributed by atoms with E-state index in [1.165, 1.54) is 24.3 Å². The Kier molecular flexibility index (Phi) is 5.52. The molecule has 0 atom stereocenters. The van der Waals surface area contributed by atoms with Gasteiger partial charge in [0, 0.05) is 24.2 Å². The second kappa shape index (κ2) is 8.02. The number of likely N-dealkylation sites (N-methyl/N-ethyl adjacent to an activating group) is 1. The summed E-state index contributed by atoms with van der Waals surface area (Å²) in [7, 11) is 1.91. The maximum atomic E-state index is 12.9. The molecule has 0 saturated carbocycles. The minimum Gasteiger partial charge on any atom is -0.478 e. The molecule has 0 bridgehead atoms. The molecule has 0 spiro atoms. The Bertz CT molecular complexity index is 905. The van der Waals surface area contributed by atoms with E-state index in [1.54, 1.807) is 36.4 Å². The molecule has 0 aromatic heterocycles. The molecule has 1 saturated heterocycles. The summed E-state index contributed by atoms with van der Waals surface area (Å²) in [5.41, 5.74) is 3.14. The predicted octanol–water partition coefficient (Wildman–Crippen LogP) is 3.06. The number of hydrogen-bond acceptors (Lipinski definition) is 4. The minimum absolute atomic E-state index is 0.0669. The number of rotatable bonds is 4. The molecule has 0 amide bonds. The van der Waals surface area contributed by atoms with Crippen molar-refractivity contribution in [2.45, 2.75) is 0 Å². The van der Waals surface area contributed by atoms with Crippen molar-refractivity contribution >= 4 is 29.9 Å². The molecule has 2 aromatic rings. The number of carboxylic acids is 2. The highest BCUT2D eigenvalue weighted by molar-refractivity contribution is 6.14. The van der Waals surface area contributed by atoms with Gasteiger partial charge in [0.25, 0.3) is 0 Å². The fraction of sp³-hybridized carbons (Fsp3) is 0.136. The SMILES string of the molecule is CN1C/C(=C/c2ccc(C(=O)O)cc2)C(=O)/C(=C\c2ccc(C(=O)O)cc2)C1. The van der Waals surface area contributed by atoms with E-state index in [-0.39, 0.29) is 16.9 Å². The van der Waals surface area contributed by atoms with Crippen LogP contribution >= 0.6 is 0 Å². The summed E-state index contributed by atoms with van der Waals surface area (Å²) in [6.45, 7) is 0.990. The second-order valence-corrected chi connectivity index (χ2v) is 6.69. The lowest BCUT2D eigenvalue weighted by Gasteiger charge is -2.26. The Morgan fingerprint density at radius 1 is 0.786 bits per heavy atom. The number of carbonyl (C=O) groups is 3. The topological polar surface area (TPSA) is 94.9 Å². The highest BCUT2D eigenvalue weighted by Crippen LogP contribution is 2.21. The van der Waals surface area contributed by atoms with Gasteiger partial charge in [-0.3, -0.25) is 9.69 Å². The van der Waals surface area contributed by atoms with Crippen molar-refractivity contribution in [3.63, 3.8) is 0 Å². The first-order chi connectivity index (χ1) is 13.3. The van der Waals surface area contributed by atoms with Gasteiger partial charge in [0.05, 0.1) is 11.1 Å². The Labute approximate surface area is 162 Å². The standard InChI is InChI=1S/C22H19NO5/c1-23-12-18(10-14-2-6-16(7-3-14)21(25)26)20(24)19(13-23)11-15-4-8-17(9-5-15)22(27)28/h2-11H,12-13H2,1H3,(H,25,26)(H,27,28)/b18-10-,19-11-. The lowest BCUT2D eigenvalue weighted by molar-refractivity contribution is -0.113. The van der Waals surface area contributed by atoms with Gasteiger partial charge in [-0.25, -0.2) is 9.59 Å². The molecule has 0 aliphatic carbocycles. The van der Waals surface area contributed by atoms with Gasteiger partial charge in [-0.05, 0) is 54.6 Å². The molecule has 0 radical (unpaired) electrons. The van der Waals surface area contributed by atoms with Crippen LogP contribution in [0.2, 0.25) is 0 Å². The second-order valence-electron chi connectivity index (χ2n) is 6.69. The summed E-state index contributed by atoms with van der Waals surface area (Å²) < 4.78 is 0. The third-order valence-corrected chi connectivity index (χ3v) is 4.46. The molecular weight excluding hydrogens is 358 g/mol. The monoisotopic (exact) mass is 377 g/mol. The van der Waals surface area contributed by atoms with Crippen molar-refractivity contribution in [3.05, 3.63) is 81.9 Å². The molecule has 6 heteroatoms. The molecule has 2 aromatic carbocycles. The molecule has 3 rings (SSSR count). The van der Waals surface area contributed by atoms with Gasteiger partial charge >= 0.3 is 11.9 Å². The van der Waals surface area contributed by atoms with E-state index >= 15 is 0 Å². The lowest BCUT2D eigenvalue weighted by atomic mass is 9.94. The van der Waals surface area contributed by atoms with E-state index < -0.39 is 11.9 Å². The maximum absolute atomic E-state index is 12.9. The first-order valence-corrected chi connectivity index (χ1v) is 8.64. The first kappa shape index (κ1) is 19.3. The summed E-state index contributed by atoms with van der Waals surface area (Å²) in [5, 5.41) is 18.0. The van der Waals surface area contributed by atoms with E-state index in [9.17, 15) is 14.4 Å². The number of aromatic carboxylic acids is 2. The van der Waals surface area contributed by atoms with Crippen LogP contribution in [0.4, 0.5) is 0 Å². The van der Waals surface area contributed by atoms with Crippen molar-refractivity contribution in [2.75, 3.05) is 20.1 Å². The van der Waals surface area contributed by atoms with E-state index in [0.29, 0.717) is 24.2 Å². The van der Waals surface area contributed by atoms with Crippen LogP contribution in [-0.2, 0) is 4.79 Å². The number of benzene rings is 2. The quantitative estimate of drug-likeness (QED) is 0.795. The van der Waals surface area contributed by atoms with Gasteiger partial charge in [-0.2, -0.15) is 0 Å². The van der Waals surface area contributed by atoms with E-state index in [2.05, 4.69) is 0 Å². The van der Waals surface area contributed by atoms with Crippen molar-refractivity contribution in [2.24, 2.45) is 0 Å². The highest BCUT2D eigenvalue weighted by atomic mass is 16.4. The van der Waals surface area contributed by atoms with Crippen LogP contribution in [0, 0.1) is 0 Å². The largest absolute Gasteiger partial charge is 0.478 e. The van der Waals surface area contributed by atoms with Gasteiger partial charge in [0.2, 0.25) is 0 Å². The molecule has 2 N–H and O–H groups in total. The number of ketones is 1. The summed E-state index contributed by atoms with van der Waals surface area (Å²) in [4.78, 5) is 36.8. The lowest BCUT2D eigenvalue weighted by Crippen LogP contribution is -2.34. The maximum Gasteiger partial charge on any atom is 0.335 e. The molecule has 1 heterocycles. The van der Waals surface area contributed by atoms with Gasteiger partial charge < -0.3 is 10.2 Å². The van der Waals surface area contributed by atoms with Gasteiger partial charge in [0.1, 0.15) is 0 Å². The Morgan fingerprint density at radius 2 is 1.14 bits per heavy atom. The summed E-state index contributed by atoms with van der Waals surface area (Å²) >= 11 is 0. The van der Waals surface area contributed by atoms with Crippen molar-refractivity contribution in [3.8, 4) is 0 Å². The zero-order valence-corrected chi connectivity index (χ0v) is 15.3. The Morgan fingerprint density at radius 3 is 1.46 bits per heavy atom. The van der Waals surface area contributed by atoms with Gasteiger partial charge in [0.15, 0.2) is 5.78 Å². The van der Waals surface area contributed by atoms with Crippen LogP contribution in [0.1, 0.15) is 31.8 Å². The van der Waals surface area contributed by atoms with Crippen LogP contribution in [0.25, 0.3) is 12.2 Å². The normalized spacial score (nSPS) is 17.8. The van der Waals surface area contributed by atoms with Crippen LogP contribution < -0.4 is 0 Å². The Hall–Kier alpha value is -3.51. The average molecular weight is 377 g/mol. The molecule has 142 valence electrons. The third-order valence-electron chi connectivity index (χ3n) is 4.46. The molecule has 6 nitrogen and oxygen atoms in total. The zero-order valence-electron chi connectivity index (χ0n) is 15.3. The number of hydrogen-bond donors (Lipinski definition) is 2. The Balaban J connectivity index is 1.87. The predicted molar refractivity (Wildman–Crippen MR) is 105 cm³/mol. The van der Waals surface area contributed by atoms with Gasteiger partial charge in [-0.15, -0.1) is 0 Å². The highest BCUT2D eigenvalue weighted by Gasteiger charge is 2.24. The van der Waals surface area contributed by atoms with E-state index in [1.807, 2.05) is 11.9 Å². The average Bonchev–Trinajstić information content (AvgIpc) is 2.66. The smallest absolute Gasteiger partial charge is 0.335 e. The summed E-state index contributed by atoms with van der Waals surface area (Å²) in [5.74, 6) is -2.05. The van der Waals surface area contributed by atoms with E-state index in [0.717, 1.165) is 11.1 Å². The third kappa shape index (κ3) is 4.42. The molecule has 28 heavy (non-hydrogen) atoms. The van der Waals surface area contributed by atoms with Crippen LogP contribution in [0.5, 0.6) is 0 Å².